The van der Waals surface area contributed by atoms with E-state index in [0.29, 0.717) is 0 Å². The first kappa shape index (κ1) is 14.9. The molecule has 1 N–H and O–H groups in total. The maximum Gasteiger partial charge on any atom is 0.127 e. The Labute approximate surface area is 124 Å². The number of benzene rings is 1. The molecule has 0 fully saturated rings. The summed E-state index contributed by atoms with van der Waals surface area (Å²) in [5, 5.41) is 3.37. The van der Waals surface area contributed by atoms with Crippen LogP contribution in [-0.4, -0.2) is 21.3 Å². The second-order valence-electron chi connectivity index (χ2n) is 4.49. The fourth-order valence-corrected chi connectivity index (χ4v) is 3.33. The number of ether oxygens (including phenoxy) is 2. The summed E-state index contributed by atoms with van der Waals surface area (Å²) in [6.45, 7) is 2.18. The number of methoxy groups -OCH3 is 2. The minimum Gasteiger partial charge on any atom is -0.497 e. The summed E-state index contributed by atoms with van der Waals surface area (Å²) in [5.74, 6) is 1.65. The van der Waals surface area contributed by atoms with E-state index in [-0.39, 0.29) is 6.04 Å². The zero-order chi connectivity index (χ0) is 14.5. The van der Waals surface area contributed by atoms with Crippen molar-refractivity contribution in [2.45, 2.75) is 19.4 Å². The molecule has 0 bridgehead atoms. The molecule has 1 atom stereocenters. The van der Waals surface area contributed by atoms with Crippen molar-refractivity contribution in [2.24, 2.45) is 0 Å². The van der Waals surface area contributed by atoms with Crippen molar-refractivity contribution in [3.63, 3.8) is 0 Å². The van der Waals surface area contributed by atoms with Gasteiger partial charge in [0.05, 0.1) is 20.3 Å². The fraction of sp³-hybridized carbons (Fsp3) is 0.375. The highest BCUT2D eigenvalue weighted by Gasteiger charge is 2.18. The van der Waals surface area contributed by atoms with E-state index >= 15 is 0 Å². The third-order valence-electron chi connectivity index (χ3n) is 3.36. The standard InChI is InChI=1S/C16H21NO2S/c1-5-12-7-9-15(20-12)16(17-2)13-8-6-11(18-3)10-14(13)19-4/h6-10,16-17H,5H2,1-4H3. The summed E-state index contributed by atoms with van der Waals surface area (Å²) in [4.78, 5) is 2.69. The lowest BCUT2D eigenvalue weighted by molar-refractivity contribution is 0.388. The molecule has 0 saturated heterocycles. The van der Waals surface area contributed by atoms with Gasteiger partial charge in [0.2, 0.25) is 0 Å². The molecule has 2 rings (SSSR count). The Hall–Kier alpha value is -1.52. The molecule has 0 radical (unpaired) electrons. The van der Waals surface area contributed by atoms with Gasteiger partial charge in [-0.25, -0.2) is 0 Å². The lowest BCUT2D eigenvalue weighted by Crippen LogP contribution is -2.17. The van der Waals surface area contributed by atoms with Crippen LogP contribution in [0.4, 0.5) is 0 Å². The van der Waals surface area contributed by atoms with E-state index in [9.17, 15) is 0 Å². The molecule has 0 aliphatic heterocycles. The summed E-state index contributed by atoms with van der Waals surface area (Å²) < 4.78 is 10.8. The molecule has 1 aromatic carbocycles. The van der Waals surface area contributed by atoms with Crippen LogP contribution in [0.1, 0.15) is 28.3 Å². The van der Waals surface area contributed by atoms with Crippen molar-refractivity contribution < 1.29 is 9.47 Å². The summed E-state index contributed by atoms with van der Waals surface area (Å²) >= 11 is 1.84. The number of hydrogen-bond donors (Lipinski definition) is 1. The highest BCUT2D eigenvalue weighted by atomic mass is 32.1. The van der Waals surface area contributed by atoms with Crippen LogP contribution in [-0.2, 0) is 6.42 Å². The number of rotatable bonds is 6. The first-order valence-electron chi connectivity index (χ1n) is 6.71. The molecule has 2 aromatic rings. The first-order valence-corrected chi connectivity index (χ1v) is 7.52. The first-order chi connectivity index (χ1) is 9.73. The Bertz CT molecular complexity index is 565. The Balaban J connectivity index is 2.40. The van der Waals surface area contributed by atoms with Gasteiger partial charge in [-0.1, -0.05) is 6.92 Å². The van der Waals surface area contributed by atoms with Crippen molar-refractivity contribution in [3.05, 3.63) is 45.6 Å². The zero-order valence-corrected chi connectivity index (χ0v) is 13.2. The third-order valence-corrected chi connectivity index (χ3v) is 4.65. The maximum absolute atomic E-state index is 5.51. The Morgan fingerprint density at radius 3 is 2.50 bits per heavy atom. The van der Waals surface area contributed by atoms with E-state index in [0.717, 1.165) is 23.5 Å². The normalized spacial score (nSPS) is 12.2. The number of thiophene rings is 1. The van der Waals surface area contributed by atoms with E-state index in [2.05, 4.69) is 30.4 Å². The van der Waals surface area contributed by atoms with Crippen LogP contribution in [0.15, 0.2) is 30.3 Å². The van der Waals surface area contributed by atoms with Crippen LogP contribution in [0.25, 0.3) is 0 Å². The largest absolute Gasteiger partial charge is 0.497 e. The summed E-state index contributed by atoms with van der Waals surface area (Å²) in [6, 6.07) is 10.5. The fourth-order valence-electron chi connectivity index (χ4n) is 2.25. The number of hydrogen-bond acceptors (Lipinski definition) is 4. The van der Waals surface area contributed by atoms with Crippen LogP contribution in [0.2, 0.25) is 0 Å². The average molecular weight is 291 g/mol. The SMILES string of the molecule is CCc1ccc(C(NC)c2ccc(OC)cc2OC)s1. The lowest BCUT2D eigenvalue weighted by atomic mass is 10.0. The number of nitrogens with one attached hydrogen (secondary N) is 1. The van der Waals surface area contributed by atoms with Crippen molar-refractivity contribution in [2.75, 3.05) is 21.3 Å². The van der Waals surface area contributed by atoms with Gasteiger partial charge in [-0.15, -0.1) is 11.3 Å². The average Bonchev–Trinajstić information content (AvgIpc) is 2.97. The topological polar surface area (TPSA) is 30.5 Å². The Kier molecular flexibility index (Phi) is 5.04. The van der Waals surface area contributed by atoms with Crippen molar-refractivity contribution in [3.8, 4) is 11.5 Å². The smallest absolute Gasteiger partial charge is 0.127 e. The molecule has 0 amide bonds. The van der Waals surface area contributed by atoms with Crippen LogP contribution >= 0.6 is 11.3 Å². The predicted octanol–water partition coefficient (Wildman–Crippen LogP) is 3.64. The summed E-state index contributed by atoms with van der Waals surface area (Å²) in [5.41, 5.74) is 1.13. The van der Waals surface area contributed by atoms with E-state index < -0.39 is 0 Å². The predicted molar refractivity (Wildman–Crippen MR) is 84.1 cm³/mol. The molecule has 1 aromatic heterocycles. The van der Waals surface area contributed by atoms with E-state index in [1.165, 1.54) is 9.75 Å². The van der Waals surface area contributed by atoms with Gasteiger partial charge in [0, 0.05) is 21.4 Å². The van der Waals surface area contributed by atoms with Gasteiger partial charge in [-0.3, -0.25) is 0 Å². The van der Waals surface area contributed by atoms with Crippen molar-refractivity contribution in [1.82, 2.24) is 5.32 Å². The van der Waals surface area contributed by atoms with Crippen molar-refractivity contribution >= 4 is 11.3 Å². The van der Waals surface area contributed by atoms with Gasteiger partial charge >= 0.3 is 0 Å². The van der Waals surface area contributed by atoms with Gasteiger partial charge in [0.25, 0.3) is 0 Å². The minimum atomic E-state index is 0.140. The van der Waals surface area contributed by atoms with Gasteiger partial charge in [-0.2, -0.15) is 0 Å². The second-order valence-corrected chi connectivity index (χ2v) is 5.69. The molecule has 0 spiro atoms. The zero-order valence-electron chi connectivity index (χ0n) is 12.4. The minimum absolute atomic E-state index is 0.140. The Morgan fingerprint density at radius 2 is 1.95 bits per heavy atom. The molecule has 0 aliphatic rings. The maximum atomic E-state index is 5.51. The van der Waals surface area contributed by atoms with Gasteiger partial charge in [-0.05, 0) is 37.7 Å². The van der Waals surface area contributed by atoms with Gasteiger partial charge in [0.15, 0.2) is 0 Å². The molecule has 20 heavy (non-hydrogen) atoms. The molecule has 108 valence electrons. The lowest BCUT2D eigenvalue weighted by Gasteiger charge is -2.19. The molecule has 0 saturated carbocycles. The third kappa shape index (κ3) is 2.97. The van der Waals surface area contributed by atoms with Gasteiger partial charge in [0.1, 0.15) is 11.5 Å². The highest BCUT2D eigenvalue weighted by Crippen LogP contribution is 2.35. The second kappa shape index (κ2) is 6.77. The summed E-state index contributed by atoms with van der Waals surface area (Å²) in [6.07, 6.45) is 1.07. The Morgan fingerprint density at radius 1 is 1.15 bits per heavy atom. The van der Waals surface area contributed by atoms with Gasteiger partial charge < -0.3 is 14.8 Å². The quantitative estimate of drug-likeness (QED) is 0.881. The molecule has 1 heterocycles. The van der Waals surface area contributed by atoms with Crippen LogP contribution < -0.4 is 14.8 Å². The van der Waals surface area contributed by atoms with Crippen LogP contribution in [0.5, 0.6) is 11.5 Å². The molecular formula is C16H21NO2S. The van der Waals surface area contributed by atoms with E-state index in [1.807, 2.05) is 30.5 Å². The highest BCUT2D eigenvalue weighted by molar-refractivity contribution is 7.12. The molecule has 1 unspecified atom stereocenters. The van der Waals surface area contributed by atoms with Crippen LogP contribution in [0.3, 0.4) is 0 Å². The molecular weight excluding hydrogens is 270 g/mol. The van der Waals surface area contributed by atoms with E-state index in [4.69, 9.17) is 9.47 Å². The number of aryl methyl sites for hydroxylation is 1. The molecule has 4 heteroatoms. The monoisotopic (exact) mass is 291 g/mol. The molecule has 3 nitrogen and oxygen atoms in total. The summed E-state index contributed by atoms with van der Waals surface area (Å²) in [7, 11) is 5.33. The van der Waals surface area contributed by atoms with Crippen molar-refractivity contribution in [1.29, 1.82) is 0 Å². The molecule has 0 aliphatic carbocycles. The van der Waals surface area contributed by atoms with Crippen LogP contribution in [0, 0.1) is 0 Å². The van der Waals surface area contributed by atoms with E-state index in [1.54, 1.807) is 14.2 Å².